The molecule has 0 aliphatic carbocycles. The predicted molar refractivity (Wildman–Crippen MR) is 111 cm³/mol. The topological polar surface area (TPSA) is 49.3 Å². The Morgan fingerprint density at radius 2 is 1.85 bits per heavy atom. The SMILES string of the molecule is CCCCC1(C)Cc2ccccc2/C(=C/C(=O)/C=C(\O)c2ccccc2)N1. The third kappa shape index (κ3) is 4.68. The molecule has 2 N–H and O–H groups in total. The summed E-state index contributed by atoms with van der Waals surface area (Å²) in [6.07, 6.45) is 7.16. The zero-order chi connectivity index (χ0) is 19.3. The summed E-state index contributed by atoms with van der Waals surface area (Å²) >= 11 is 0. The molecule has 1 atom stereocenters. The fourth-order valence-corrected chi connectivity index (χ4v) is 3.64. The van der Waals surface area contributed by atoms with E-state index in [2.05, 4.69) is 25.2 Å². The molecule has 0 aromatic heterocycles. The van der Waals surface area contributed by atoms with E-state index < -0.39 is 0 Å². The lowest BCUT2D eigenvalue weighted by molar-refractivity contribution is -0.110. The van der Waals surface area contributed by atoms with Crippen molar-refractivity contribution in [1.29, 1.82) is 0 Å². The van der Waals surface area contributed by atoms with Gasteiger partial charge in [-0.25, -0.2) is 0 Å². The fourth-order valence-electron chi connectivity index (χ4n) is 3.64. The van der Waals surface area contributed by atoms with Gasteiger partial charge in [0.1, 0.15) is 5.76 Å². The first-order chi connectivity index (χ1) is 13.0. The third-order valence-electron chi connectivity index (χ3n) is 5.04. The van der Waals surface area contributed by atoms with Crippen molar-refractivity contribution in [2.45, 2.75) is 45.1 Å². The molecule has 1 aliphatic rings. The third-order valence-corrected chi connectivity index (χ3v) is 5.04. The number of fused-ring (bicyclic) bond motifs is 1. The van der Waals surface area contributed by atoms with E-state index in [1.54, 1.807) is 18.2 Å². The molecule has 3 rings (SSSR count). The second kappa shape index (κ2) is 8.26. The number of hydrogen-bond acceptors (Lipinski definition) is 3. The maximum atomic E-state index is 12.6. The Morgan fingerprint density at radius 3 is 2.59 bits per heavy atom. The van der Waals surface area contributed by atoms with Gasteiger partial charge in [-0.3, -0.25) is 4.79 Å². The van der Waals surface area contributed by atoms with Gasteiger partial charge in [-0.15, -0.1) is 0 Å². The Balaban J connectivity index is 1.90. The minimum Gasteiger partial charge on any atom is -0.507 e. The fraction of sp³-hybridized carbons (Fsp3) is 0.292. The number of carbonyl (C=O) groups is 1. The minimum absolute atomic E-state index is 0.0183. The summed E-state index contributed by atoms with van der Waals surface area (Å²) in [5, 5.41) is 13.8. The second-order valence-electron chi connectivity index (χ2n) is 7.48. The van der Waals surface area contributed by atoms with Gasteiger partial charge in [-0.2, -0.15) is 0 Å². The van der Waals surface area contributed by atoms with Crippen LogP contribution in [0.1, 0.15) is 49.8 Å². The highest BCUT2D eigenvalue weighted by molar-refractivity contribution is 6.07. The summed E-state index contributed by atoms with van der Waals surface area (Å²) < 4.78 is 0. The lowest BCUT2D eigenvalue weighted by atomic mass is 9.81. The van der Waals surface area contributed by atoms with Crippen LogP contribution in [0.3, 0.4) is 0 Å². The van der Waals surface area contributed by atoms with Crippen molar-refractivity contribution in [3.05, 3.63) is 83.4 Å². The number of nitrogens with one attached hydrogen (secondary N) is 1. The Labute approximate surface area is 161 Å². The standard InChI is InChI=1S/C24H27NO2/c1-3-4-14-24(2)17-19-12-8-9-13-21(19)22(25-24)15-20(26)16-23(27)18-10-6-5-7-11-18/h5-13,15-16,25,27H,3-4,14,17H2,1-2H3/b22-15-,23-16-. The van der Waals surface area contributed by atoms with Gasteiger partial charge in [0.2, 0.25) is 0 Å². The van der Waals surface area contributed by atoms with Crippen LogP contribution < -0.4 is 5.32 Å². The lowest BCUT2D eigenvalue weighted by Crippen LogP contribution is -2.46. The van der Waals surface area contributed by atoms with Gasteiger partial charge in [0.25, 0.3) is 0 Å². The Kier molecular flexibility index (Phi) is 5.80. The normalized spacial score (nSPS) is 20.8. The molecule has 3 heteroatoms. The van der Waals surface area contributed by atoms with E-state index in [0.29, 0.717) is 5.56 Å². The van der Waals surface area contributed by atoms with Crippen molar-refractivity contribution in [3.63, 3.8) is 0 Å². The quantitative estimate of drug-likeness (QED) is 0.543. The average Bonchev–Trinajstić information content (AvgIpc) is 2.67. The molecule has 0 bridgehead atoms. The molecule has 0 radical (unpaired) electrons. The van der Waals surface area contributed by atoms with E-state index >= 15 is 0 Å². The summed E-state index contributed by atoms with van der Waals surface area (Å²) in [5.74, 6) is -0.247. The molecule has 27 heavy (non-hydrogen) atoms. The van der Waals surface area contributed by atoms with Crippen molar-refractivity contribution in [2.24, 2.45) is 0 Å². The molecule has 0 fully saturated rings. The van der Waals surface area contributed by atoms with E-state index in [1.165, 1.54) is 11.6 Å². The summed E-state index contributed by atoms with van der Waals surface area (Å²) in [6.45, 7) is 4.41. The largest absolute Gasteiger partial charge is 0.507 e. The van der Waals surface area contributed by atoms with Gasteiger partial charge in [0, 0.05) is 34.5 Å². The van der Waals surface area contributed by atoms with Crippen molar-refractivity contribution >= 4 is 17.2 Å². The van der Waals surface area contributed by atoms with Crippen LogP contribution in [0.4, 0.5) is 0 Å². The highest BCUT2D eigenvalue weighted by atomic mass is 16.3. The van der Waals surface area contributed by atoms with Gasteiger partial charge >= 0.3 is 0 Å². The van der Waals surface area contributed by atoms with E-state index in [9.17, 15) is 9.90 Å². The molecule has 0 saturated heterocycles. The minimum atomic E-state index is -0.228. The molecule has 2 aromatic carbocycles. The number of aliphatic hydroxyl groups excluding tert-OH is 1. The number of benzene rings is 2. The Hall–Kier alpha value is -2.81. The molecular weight excluding hydrogens is 334 g/mol. The van der Waals surface area contributed by atoms with Crippen LogP contribution in [0.5, 0.6) is 0 Å². The highest BCUT2D eigenvalue weighted by Crippen LogP contribution is 2.32. The smallest absolute Gasteiger partial charge is 0.184 e. The first-order valence-electron chi connectivity index (χ1n) is 9.59. The van der Waals surface area contributed by atoms with Crippen molar-refractivity contribution < 1.29 is 9.90 Å². The molecule has 0 spiro atoms. The van der Waals surface area contributed by atoms with Crippen LogP contribution in [0.2, 0.25) is 0 Å². The average molecular weight is 361 g/mol. The molecule has 3 nitrogen and oxygen atoms in total. The van der Waals surface area contributed by atoms with Gasteiger partial charge in [0.15, 0.2) is 5.78 Å². The lowest BCUT2D eigenvalue weighted by Gasteiger charge is -2.38. The van der Waals surface area contributed by atoms with Crippen LogP contribution >= 0.6 is 0 Å². The first kappa shape index (κ1) is 19.0. The number of ketones is 1. The van der Waals surface area contributed by atoms with Crippen LogP contribution in [0.15, 0.2) is 66.7 Å². The molecule has 1 unspecified atom stereocenters. The van der Waals surface area contributed by atoms with Crippen LogP contribution in [-0.4, -0.2) is 16.4 Å². The highest BCUT2D eigenvalue weighted by Gasteiger charge is 2.31. The number of hydrogen-bond donors (Lipinski definition) is 2. The summed E-state index contributed by atoms with van der Waals surface area (Å²) in [7, 11) is 0. The monoisotopic (exact) mass is 361 g/mol. The zero-order valence-corrected chi connectivity index (χ0v) is 16.0. The summed E-state index contributed by atoms with van der Waals surface area (Å²) in [5.41, 5.74) is 3.71. The van der Waals surface area contributed by atoms with Gasteiger partial charge in [0.05, 0.1) is 0 Å². The number of aliphatic hydroxyl groups is 1. The van der Waals surface area contributed by atoms with E-state index in [1.807, 2.05) is 36.4 Å². The van der Waals surface area contributed by atoms with Crippen LogP contribution in [0.25, 0.3) is 11.5 Å². The van der Waals surface area contributed by atoms with Crippen molar-refractivity contribution in [1.82, 2.24) is 5.32 Å². The first-order valence-corrected chi connectivity index (χ1v) is 9.59. The van der Waals surface area contributed by atoms with E-state index in [4.69, 9.17) is 0 Å². The molecular formula is C24H27NO2. The molecule has 1 aliphatic heterocycles. The summed E-state index contributed by atoms with van der Waals surface area (Å²) in [6, 6.07) is 17.3. The number of carbonyl (C=O) groups excluding carboxylic acids is 1. The number of rotatable bonds is 6. The Bertz CT molecular complexity index is 867. The molecule has 1 heterocycles. The number of unbranched alkanes of at least 4 members (excludes halogenated alkanes) is 1. The van der Waals surface area contributed by atoms with E-state index in [0.717, 1.165) is 36.9 Å². The van der Waals surface area contributed by atoms with Crippen molar-refractivity contribution in [2.75, 3.05) is 0 Å². The van der Waals surface area contributed by atoms with Crippen molar-refractivity contribution in [3.8, 4) is 0 Å². The molecule has 0 saturated carbocycles. The zero-order valence-electron chi connectivity index (χ0n) is 16.0. The van der Waals surface area contributed by atoms with Crippen LogP contribution in [-0.2, 0) is 11.2 Å². The maximum absolute atomic E-state index is 12.6. The van der Waals surface area contributed by atoms with Gasteiger partial charge in [-0.05, 0) is 25.3 Å². The molecule has 2 aromatic rings. The molecule has 0 amide bonds. The predicted octanol–water partition coefficient (Wildman–Crippen LogP) is 5.29. The molecule has 140 valence electrons. The second-order valence-corrected chi connectivity index (χ2v) is 7.48. The maximum Gasteiger partial charge on any atom is 0.184 e. The summed E-state index contributed by atoms with van der Waals surface area (Å²) in [4.78, 5) is 12.6. The number of allylic oxidation sites excluding steroid dienone is 2. The van der Waals surface area contributed by atoms with Gasteiger partial charge in [-0.1, -0.05) is 74.4 Å². The van der Waals surface area contributed by atoms with E-state index in [-0.39, 0.29) is 17.1 Å². The van der Waals surface area contributed by atoms with Crippen LogP contribution in [0, 0.1) is 0 Å². The van der Waals surface area contributed by atoms with Gasteiger partial charge < -0.3 is 10.4 Å². The Morgan fingerprint density at radius 1 is 1.15 bits per heavy atom.